The van der Waals surface area contributed by atoms with Crippen LogP contribution in [0.1, 0.15) is 62.2 Å². The van der Waals surface area contributed by atoms with Gasteiger partial charge in [-0.05, 0) is 31.7 Å². The second-order valence-electron chi connectivity index (χ2n) is 7.43. The third kappa shape index (κ3) is 3.65. The second-order valence-corrected chi connectivity index (χ2v) is 7.43. The summed E-state index contributed by atoms with van der Waals surface area (Å²) >= 11 is 0. The summed E-state index contributed by atoms with van der Waals surface area (Å²) in [4.78, 5) is 4.51. The van der Waals surface area contributed by atoms with Crippen LogP contribution < -0.4 is 5.32 Å². The molecule has 1 aliphatic carbocycles. The van der Waals surface area contributed by atoms with E-state index < -0.39 is 0 Å². The zero-order valence-electron chi connectivity index (χ0n) is 15.1. The summed E-state index contributed by atoms with van der Waals surface area (Å²) in [6, 6.07) is 2.75. The lowest BCUT2D eigenvalue weighted by Gasteiger charge is -2.31. The minimum Gasteiger partial charge on any atom is -0.370 e. The molecule has 25 heavy (non-hydrogen) atoms. The fraction of sp³-hybridized carbons (Fsp3) is 0.684. The maximum Gasteiger partial charge on any atom is 0.137 e. The van der Waals surface area contributed by atoms with E-state index in [1.807, 2.05) is 25.6 Å². The summed E-state index contributed by atoms with van der Waals surface area (Å²) < 4.78 is 10.4. The smallest absolute Gasteiger partial charge is 0.137 e. The van der Waals surface area contributed by atoms with E-state index >= 15 is 0 Å². The van der Waals surface area contributed by atoms with E-state index in [1.54, 1.807) is 0 Å². The average Bonchev–Trinajstić information content (AvgIpc) is 3.36. The number of rotatable bonds is 6. The largest absolute Gasteiger partial charge is 0.370 e. The van der Waals surface area contributed by atoms with Crippen LogP contribution in [0.3, 0.4) is 0 Å². The van der Waals surface area contributed by atoms with Gasteiger partial charge >= 0.3 is 0 Å². The van der Waals surface area contributed by atoms with Crippen molar-refractivity contribution in [1.82, 2.24) is 24.6 Å². The van der Waals surface area contributed by atoms with Gasteiger partial charge in [-0.1, -0.05) is 12.8 Å². The van der Waals surface area contributed by atoms with Crippen molar-refractivity contribution in [2.45, 2.75) is 57.2 Å². The van der Waals surface area contributed by atoms with Crippen LogP contribution >= 0.6 is 0 Å². The molecule has 3 heterocycles. The predicted molar refractivity (Wildman–Crippen MR) is 96.1 cm³/mol. The quantitative estimate of drug-likeness (QED) is 0.876. The second kappa shape index (κ2) is 7.70. The Hall–Kier alpha value is -1.66. The van der Waals surface area contributed by atoms with E-state index in [4.69, 9.17) is 4.74 Å². The van der Waals surface area contributed by atoms with Crippen LogP contribution in [-0.2, 0) is 18.3 Å². The van der Waals surface area contributed by atoms with Gasteiger partial charge in [-0.25, -0.2) is 4.98 Å². The topological polar surface area (TPSA) is 56.9 Å². The molecule has 4 rings (SSSR count). The monoisotopic (exact) mass is 343 g/mol. The third-order valence-electron chi connectivity index (χ3n) is 5.69. The minimum absolute atomic E-state index is 0.0981. The van der Waals surface area contributed by atoms with Gasteiger partial charge in [0.1, 0.15) is 11.9 Å². The Morgan fingerprint density at radius 2 is 2.08 bits per heavy atom. The van der Waals surface area contributed by atoms with Gasteiger partial charge in [-0.15, -0.1) is 0 Å². The molecule has 2 aromatic heterocycles. The molecule has 0 radical (unpaired) electrons. The van der Waals surface area contributed by atoms with E-state index in [9.17, 15) is 0 Å². The Labute approximate surface area is 149 Å². The first-order chi connectivity index (χ1) is 12.3. The number of hydrogen-bond acceptors (Lipinski definition) is 4. The fourth-order valence-corrected chi connectivity index (χ4v) is 4.33. The van der Waals surface area contributed by atoms with E-state index in [0.29, 0.717) is 12.0 Å². The SMILES string of the molecule is Cn1ccnc1[C@@H]1OCCC[C@H]1CNCc1ccnn1C1CCCC1. The highest BCUT2D eigenvalue weighted by molar-refractivity contribution is 5.03. The fourth-order valence-electron chi connectivity index (χ4n) is 4.33. The van der Waals surface area contributed by atoms with Crippen molar-refractivity contribution in [1.29, 1.82) is 0 Å². The summed E-state index contributed by atoms with van der Waals surface area (Å²) in [7, 11) is 2.05. The number of aromatic nitrogens is 4. The first kappa shape index (κ1) is 16.8. The van der Waals surface area contributed by atoms with Gasteiger partial charge in [-0.3, -0.25) is 4.68 Å². The first-order valence-corrected chi connectivity index (χ1v) is 9.65. The molecule has 6 nitrogen and oxygen atoms in total. The van der Waals surface area contributed by atoms with E-state index in [2.05, 4.69) is 30.7 Å². The number of nitrogens with zero attached hydrogens (tertiary/aromatic N) is 4. The number of nitrogens with one attached hydrogen (secondary N) is 1. The number of hydrogen-bond donors (Lipinski definition) is 1. The average molecular weight is 343 g/mol. The highest BCUT2D eigenvalue weighted by atomic mass is 16.5. The predicted octanol–water partition coefficient (Wildman–Crippen LogP) is 2.99. The summed E-state index contributed by atoms with van der Waals surface area (Å²) in [5.74, 6) is 1.51. The Morgan fingerprint density at radius 1 is 1.20 bits per heavy atom. The maximum absolute atomic E-state index is 6.07. The molecule has 2 aromatic rings. The standard InChI is InChI=1S/C19H29N5O/c1-23-11-10-21-19(23)18-15(5-4-12-25-18)13-20-14-17-8-9-22-24(17)16-6-2-3-7-16/h8-11,15-16,18,20H,2-7,12-14H2,1H3/t15-,18+/m0/s1. The van der Waals surface area contributed by atoms with Gasteiger partial charge in [0.15, 0.2) is 0 Å². The summed E-state index contributed by atoms with van der Waals surface area (Å²) in [6.07, 6.45) is 13.4. The van der Waals surface area contributed by atoms with Crippen LogP contribution in [-0.4, -0.2) is 32.5 Å². The van der Waals surface area contributed by atoms with Gasteiger partial charge in [0, 0.05) is 51.3 Å². The molecule has 0 aromatic carbocycles. The molecule has 0 amide bonds. The lowest BCUT2D eigenvalue weighted by Crippen LogP contribution is -2.33. The molecular weight excluding hydrogens is 314 g/mol. The molecule has 1 saturated heterocycles. The normalized spacial score (nSPS) is 24.8. The van der Waals surface area contributed by atoms with Crippen LogP contribution in [0.25, 0.3) is 0 Å². The minimum atomic E-state index is 0.0981. The van der Waals surface area contributed by atoms with Crippen LogP contribution in [0, 0.1) is 5.92 Å². The molecule has 0 bridgehead atoms. The molecule has 2 fully saturated rings. The van der Waals surface area contributed by atoms with E-state index in [1.165, 1.54) is 37.8 Å². The zero-order valence-corrected chi connectivity index (χ0v) is 15.1. The van der Waals surface area contributed by atoms with Gasteiger partial charge < -0.3 is 14.6 Å². The maximum atomic E-state index is 6.07. The van der Waals surface area contributed by atoms with Gasteiger partial charge in [0.05, 0.1) is 11.7 Å². The van der Waals surface area contributed by atoms with Crippen molar-refractivity contribution in [3.63, 3.8) is 0 Å². The van der Waals surface area contributed by atoms with Crippen LogP contribution in [0.15, 0.2) is 24.7 Å². The molecule has 6 heteroatoms. The number of imidazole rings is 1. The van der Waals surface area contributed by atoms with E-state index in [-0.39, 0.29) is 6.10 Å². The summed E-state index contributed by atoms with van der Waals surface area (Å²) in [5, 5.41) is 8.22. The lowest BCUT2D eigenvalue weighted by atomic mass is 9.93. The van der Waals surface area contributed by atoms with E-state index in [0.717, 1.165) is 31.9 Å². The first-order valence-electron chi connectivity index (χ1n) is 9.65. The van der Waals surface area contributed by atoms with Crippen molar-refractivity contribution in [3.8, 4) is 0 Å². The van der Waals surface area contributed by atoms with Crippen molar-refractivity contribution in [2.24, 2.45) is 13.0 Å². The van der Waals surface area contributed by atoms with Gasteiger partial charge in [0.25, 0.3) is 0 Å². The molecule has 136 valence electrons. The van der Waals surface area contributed by atoms with Gasteiger partial charge in [-0.2, -0.15) is 5.10 Å². The number of aryl methyl sites for hydroxylation is 1. The summed E-state index contributed by atoms with van der Waals surface area (Å²) in [6.45, 7) is 2.66. The van der Waals surface area contributed by atoms with Crippen LogP contribution in [0.5, 0.6) is 0 Å². The van der Waals surface area contributed by atoms with Crippen molar-refractivity contribution in [3.05, 3.63) is 36.2 Å². The Morgan fingerprint density at radius 3 is 2.88 bits per heavy atom. The Balaban J connectivity index is 1.36. The van der Waals surface area contributed by atoms with Crippen LogP contribution in [0.4, 0.5) is 0 Å². The molecule has 2 aliphatic rings. The molecule has 0 spiro atoms. The lowest BCUT2D eigenvalue weighted by molar-refractivity contribution is -0.0344. The molecule has 1 N–H and O–H groups in total. The summed E-state index contributed by atoms with van der Waals surface area (Å²) in [5.41, 5.74) is 1.30. The highest BCUT2D eigenvalue weighted by Crippen LogP contribution is 2.32. The molecular formula is C19H29N5O. The molecule has 1 saturated carbocycles. The Bertz CT molecular complexity index is 673. The zero-order chi connectivity index (χ0) is 17.1. The molecule has 1 aliphatic heterocycles. The molecule has 0 unspecified atom stereocenters. The van der Waals surface area contributed by atoms with Crippen molar-refractivity contribution >= 4 is 0 Å². The molecule has 2 atom stereocenters. The van der Waals surface area contributed by atoms with Crippen molar-refractivity contribution in [2.75, 3.05) is 13.2 Å². The third-order valence-corrected chi connectivity index (χ3v) is 5.69. The van der Waals surface area contributed by atoms with Crippen molar-refractivity contribution < 1.29 is 4.74 Å². The highest BCUT2D eigenvalue weighted by Gasteiger charge is 2.30. The van der Waals surface area contributed by atoms with Crippen LogP contribution in [0.2, 0.25) is 0 Å². The number of ether oxygens (including phenoxy) is 1. The Kier molecular flexibility index (Phi) is 5.17. The van der Waals surface area contributed by atoms with Gasteiger partial charge in [0.2, 0.25) is 0 Å².